The van der Waals surface area contributed by atoms with Crippen molar-refractivity contribution in [1.82, 2.24) is 4.98 Å². The Morgan fingerprint density at radius 3 is 3.20 bits per heavy atom. The van der Waals surface area contributed by atoms with Crippen molar-refractivity contribution in [2.24, 2.45) is 0 Å². The van der Waals surface area contributed by atoms with Crippen LogP contribution in [0.1, 0.15) is 0 Å². The normalized spacial score (nSPS) is 10.5. The summed E-state index contributed by atoms with van der Waals surface area (Å²) in [5.41, 5.74) is 0.814. The molecule has 50 valence electrons. The average molecular weight is 198 g/mol. The smallest absolute Gasteiger partial charge is 0.153 e. The van der Waals surface area contributed by atoms with Crippen LogP contribution in [-0.2, 0) is 0 Å². The molecule has 0 saturated heterocycles. The number of hydrogen-bond acceptors (Lipinski definition) is 2. The van der Waals surface area contributed by atoms with Crippen LogP contribution < -0.4 is 0 Å². The Labute approximate surface area is 66.0 Å². The highest BCUT2D eigenvalue weighted by atomic mass is 79.9. The lowest BCUT2D eigenvalue weighted by Gasteiger charge is -1.83. The highest BCUT2D eigenvalue weighted by Gasteiger charge is 1.99. The van der Waals surface area contributed by atoms with Crippen LogP contribution in [0.2, 0.25) is 0 Å². The predicted molar refractivity (Wildman–Crippen MR) is 41.7 cm³/mol. The van der Waals surface area contributed by atoms with Crippen molar-refractivity contribution in [3.63, 3.8) is 0 Å². The molecule has 0 aliphatic rings. The molecule has 2 aromatic heterocycles. The molecule has 0 N–H and O–H groups in total. The summed E-state index contributed by atoms with van der Waals surface area (Å²) in [5.74, 6) is 0. The topological polar surface area (TPSA) is 26.0 Å². The van der Waals surface area contributed by atoms with E-state index in [1.54, 1.807) is 18.7 Å². The minimum atomic E-state index is 0.814. The number of rotatable bonds is 0. The molecule has 0 fully saturated rings. The standard InChI is InChI=1S/C7H4BrNO/c8-6-4-10-7-3-9-2-1-5(6)7/h1-4H. The first-order valence-corrected chi connectivity index (χ1v) is 3.64. The summed E-state index contributed by atoms with van der Waals surface area (Å²) in [7, 11) is 0. The molecule has 0 aliphatic carbocycles. The molecule has 2 nitrogen and oxygen atoms in total. The van der Waals surface area contributed by atoms with Crippen molar-refractivity contribution in [3.05, 3.63) is 29.2 Å². The number of aromatic nitrogens is 1. The molecule has 0 aromatic carbocycles. The zero-order valence-electron chi connectivity index (χ0n) is 5.04. The van der Waals surface area contributed by atoms with E-state index >= 15 is 0 Å². The van der Waals surface area contributed by atoms with Gasteiger partial charge in [0, 0.05) is 11.6 Å². The average Bonchev–Trinajstić information content (AvgIpc) is 2.34. The van der Waals surface area contributed by atoms with Gasteiger partial charge in [0.1, 0.15) is 6.26 Å². The third-order valence-electron chi connectivity index (χ3n) is 1.33. The number of furan rings is 1. The molecule has 3 heteroatoms. The Hall–Kier alpha value is -0.830. The minimum Gasteiger partial charge on any atom is -0.461 e. The van der Waals surface area contributed by atoms with Gasteiger partial charge in [0.15, 0.2) is 5.58 Å². The van der Waals surface area contributed by atoms with Gasteiger partial charge in [-0.15, -0.1) is 0 Å². The number of pyridine rings is 1. The summed E-state index contributed by atoms with van der Waals surface area (Å²) in [5, 5.41) is 1.06. The first-order valence-electron chi connectivity index (χ1n) is 2.84. The van der Waals surface area contributed by atoms with Crippen molar-refractivity contribution in [2.45, 2.75) is 0 Å². The molecule has 0 radical (unpaired) electrons. The lowest BCUT2D eigenvalue weighted by Crippen LogP contribution is -1.66. The molecule has 2 aromatic rings. The van der Waals surface area contributed by atoms with Gasteiger partial charge >= 0.3 is 0 Å². The number of nitrogens with zero attached hydrogens (tertiary/aromatic N) is 1. The van der Waals surface area contributed by atoms with Gasteiger partial charge in [-0.05, 0) is 22.0 Å². The van der Waals surface area contributed by atoms with Gasteiger partial charge in [-0.3, -0.25) is 4.98 Å². The highest BCUT2D eigenvalue weighted by Crippen LogP contribution is 2.24. The molecule has 0 bridgehead atoms. The van der Waals surface area contributed by atoms with E-state index in [0.717, 1.165) is 15.4 Å². The van der Waals surface area contributed by atoms with E-state index in [-0.39, 0.29) is 0 Å². The van der Waals surface area contributed by atoms with Gasteiger partial charge in [0.05, 0.1) is 10.7 Å². The Morgan fingerprint density at radius 2 is 2.40 bits per heavy atom. The SMILES string of the molecule is Brc1coc2cnccc12. The van der Waals surface area contributed by atoms with E-state index in [2.05, 4.69) is 20.9 Å². The van der Waals surface area contributed by atoms with Crippen LogP contribution in [0.3, 0.4) is 0 Å². The van der Waals surface area contributed by atoms with Crippen molar-refractivity contribution in [2.75, 3.05) is 0 Å². The maximum absolute atomic E-state index is 5.14. The van der Waals surface area contributed by atoms with Gasteiger partial charge < -0.3 is 4.42 Å². The van der Waals surface area contributed by atoms with Gasteiger partial charge in [-0.2, -0.15) is 0 Å². The van der Waals surface area contributed by atoms with E-state index in [9.17, 15) is 0 Å². The molecular weight excluding hydrogens is 194 g/mol. The van der Waals surface area contributed by atoms with E-state index in [0.29, 0.717) is 0 Å². The fraction of sp³-hybridized carbons (Fsp3) is 0. The zero-order chi connectivity index (χ0) is 6.97. The fourth-order valence-corrected chi connectivity index (χ4v) is 1.27. The van der Waals surface area contributed by atoms with E-state index < -0.39 is 0 Å². The summed E-state index contributed by atoms with van der Waals surface area (Å²) in [6, 6.07) is 1.91. The summed E-state index contributed by atoms with van der Waals surface area (Å²) < 4.78 is 6.12. The Bertz CT molecular complexity index is 355. The zero-order valence-corrected chi connectivity index (χ0v) is 6.63. The van der Waals surface area contributed by atoms with Crippen molar-refractivity contribution in [1.29, 1.82) is 0 Å². The number of fused-ring (bicyclic) bond motifs is 1. The second-order valence-corrected chi connectivity index (χ2v) is 2.81. The molecule has 2 rings (SSSR count). The molecule has 10 heavy (non-hydrogen) atoms. The first kappa shape index (κ1) is 5.92. The van der Waals surface area contributed by atoms with Gasteiger partial charge in [-0.25, -0.2) is 0 Å². The lowest BCUT2D eigenvalue weighted by atomic mass is 10.3. The van der Waals surface area contributed by atoms with Crippen LogP contribution in [0.5, 0.6) is 0 Å². The van der Waals surface area contributed by atoms with E-state index in [1.807, 2.05) is 6.07 Å². The van der Waals surface area contributed by atoms with E-state index in [4.69, 9.17) is 4.42 Å². The number of halogens is 1. The van der Waals surface area contributed by atoms with Crippen molar-refractivity contribution < 1.29 is 4.42 Å². The first-order chi connectivity index (χ1) is 4.88. The maximum Gasteiger partial charge on any atom is 0.153 e. The summed E-state index contributed by atoms with van der Waals surface area (Å²) in [4.78, 5) is 3.91. The van der Waals surface area contributed by atoms with Crippen LogP contribution in [0.4, 0.5) is 0 Å². The van der Waals surface area contributed by atoms with Crippen LogP contribution in [-0.4, -0.2) is 4.98 Å². The van der Waals surface area contributed by atoms with E-state index in [1.165, 1.54) is 0 Å². The Balaban J connectivity index is 2.93. The molecule has 0 unspecified atom stereocenters. The molecule has 2 heterocycles. The third-order valence-corrected chi connectivity index (χ3v) is 1.95. The second-order valence-electron chi connectivity index (χ2n) is 1.96. The van der Waals surface area contributed by atoms with Gasteiger partial charge in [-0.1, -0.05) is 0 Å². The molecule has 0 spiro atoms. The quantitative estimate of drug-likeness (QED) is 0.650. The van der Waals surface area contributed by atoms with Crippen LogP contribution in [0.25, 0.3) is 11.0 Å². The Kier molecular flexibility index (Phi) is 1.24. The predicted octanol–water partition coefficient (Wildman–Crippen LogP) is 2.59. The molecule has 0 amide bonds. The molecule has 0 saturated carbocycles. The van der Waals surface area contributed by atoms with Crippen LogP contribution in [0, 0.1) is 0 Å². The molecule has 0 atom stereocenters. The van der Waals surface area contributed by atoms with Crippen molar-refractivity contribution in [3.8, 4) is 0 Å². The Morgan fingerprint density at radius 1 is 1.50 bits per heavy atom. The molecule has 0 aliphatic heterocycles. The summed E-state index contributed by atoms with van der Waals surface area (Å²) in [6.45, 7) is 0. The second kappa shape index (κ2) is 2.09. The van der Waals surface area contributed by atoms with Crippen molar-refractivity contribution >= 4 is 26.9 Å². The maximum atomic E-state index is 5.14. The summed E-state index contributed by atoms with van der Waals surface area (Å²) in [6.07, 6.45) is 5.09. The monoisotopic (exact) mass is 197 g/mol. The lowest BCUT2D eigenvalue weighted by molar-refractivity contribution is 0.612. The van der Waals surface area contributed by atoms with Gasteiger partial charge in [0.2, 0.25) is 0 Å². The van der Waals surface area contributed by atoms with Crippen LogP contribution in [0.15, 0.2) is 33.6 Å². The van der Waals surface area contributed by atoms with Gasteiger partial charge in [0.25, 0.3) is 0 Å². The largest absolute Gasteiger partial charge is 0.461 e. The molecular formula is C7H4BrNO. The minimum absolute atomic E-state index is 0.814. The van der Waals surface area contributed by atoms with Crippen LogP contribution >= 0.6 is 15.9 Å². The summed E-state index contributed by atoms with van der Waals surface area (Å²) >= 11 is 3.35. The third kappa shape index (κ3) is 0.743. The highest BCUT2D eigenvalue weighted by molar-refractivity contribution is 9.10. The fourth-order valence-electron chi connectivity index (χ4n) is 0.850. The number of hydrogen-bond donors (Lipinski definition) is 0.